The summed E-state index contributed by atoms with van der Waals surface area (Å²) in [7, 11) is 0. The number of hydrogen-bond acceptors (Lipinski definition) is 2. The summed E-state index contributed by atoms with van der Waals surface area (Å²) in [6.45, 7) is 0. The summed E-state index contributed by atoms with van der Waals surface area (Å²) in [4.78, 5) is 0. The molecule has 0 atom stereocenters. The van der Waals surface area contributed by atoms with Gasteiger partial charge in [0, 0.05) is 0 Å². The van der Waals surface area contributed by atoms with Crippen LogP contribution in [0.15, 0.2) is 6.20 Å². The second kappa shape index (κ2) is 1.76. The highest BCUT2D eigenvalue weighted by atomic mass is 35.5. The predicted molar refractivity (Wildman–Crippen MR) is 27.1 cm³/mol. The molecule has 1 heterocycles. The lowest BCUT2D eigenvalue weighted by Gasteiger charge is -1.69. The molecular weight excluding hydrogens is 137 g/mol. The first kappa shape index (κ1) is 5.00. The Hall–Kier alpha value is -0.150. The van der Waals surface area contributed by atoms with E-state index in [4.69, 9.17) is 11.6 Å². The first-order valence-corrected chi connectivity index (χ1v) is 2.71. The van der Waals surface area contributed by atoms with Gasteiger partial charge in [0.1, 0.15) is 4.34 Å². The molecule has 0 bridgehead atoms. The van der Waals surface area contributed by atoms with Gasteiger partial charge in [-0.2, -0.15) is 4.37 Å². The summed E-state index contributed by atoms with van der Waals surface area (Å²) in [5.74, 6) is -0.438. The van der Waals surface area contributed by atoms with Gasteiger partial charge in [0.2, 0.25) is 0 Å². The van der Waals surface area contributed by atoms with Crippen LogP contribution in [0.5, 0.6) is 0 Å². The fraction of sp³-hybridized carbons (Fsp3) is 0. The third-order valence-corrected chi connectivity index (χ3v) is 1.44. The molecule has 7 heavy (non-hydrogen) atoms. The van der Waals surface area contributed by atoms with Crippen molar-refractivity contribution < 1.29 is 4.39 Å². The van der Waals surface area contributed by atoms with Crippen molar-refractivity contribution >= 4 is 23.1 Å². The zero-order valence-electron chi connectivity index (χ0n) is 3.19. The highest BCUT2D eigenvalue weighted by molar-refractivity contribution is 7.10. The van der Waals surface area contributed by atoms with Crippen molar-refractivity contribution in [2.45, 2.75) is 0 Å². The maximum absolute atomic E-state index is 11.9. The molecule has 1 nitrogen and oxygen atoms in total. The van der Waals surface area contributed by atoms with E-state index in [1.807, 2.05) is 0 Å². The summed E-state index contributed by atoms with van der Waals surface area (Å²) in [5.41, 5.74) is 0. The summed E-state index contributed by atoms with van der Waals surface area (Å²) in [6.07, 6.45) is 1.09. The standard InChI is InChI=1S/C3HClFNS/c4-3-2(5)1-6-7-3/h1H. The Bertz CT molecular complexity index is 147. The van der Waals surface area contributed by atoms with Crippen molar-refractivity contribution in [2.24, 2.45) is 0 Å². The monoisotopic (exact) mass is 137 g/mol. The normalized spacial score (nSPS) is 9.43. The van der Waals surface area contributed by atoms with Crippen molar-refractivity contribution in [3.8, 4) is 0 Å². The van der Waals surface area contributed by atoms with E-state index < -0.39 is 5.82 Å². The molecule has 38 valence electrons. The van der Waals surface area contributed by atoms with E-state index in [0.29, 0.717) is 0 Å². The van der Waals surface area contributed by atoms with E-state index >= 15 is 0 Å². The molecule has 0 saturated heterocycles. The van der Waals surface area contributed by atoms with Crippen LogP contribution < -0.4 is 0 Å². The van der Waals surface area contributed by atoms with Crippen LogP contribution in [0, 0.1) is 5.82 Å². The number of nitrogens with zero attached hydrogens (tertiary/aromatic N) is 1. The Balaban J connectivity index is 3.12. The van der Waals surface area contributed by atoms with Crippen LogP contribution in [0.1, 0.15) is 0 Å². The lowest BCUT2D eigenvalue weighted by molar-refractivity contribution is 0.630. The Morgan fingerprint density at radius 2 is 2.57 bits per heavy atom. The maximum Gasteiger partial charge on any atom is 0.172 e. The molecule has 1 aromatic rings. The van der Waals surface area contributed by atoms with Gasteiger partial charge in [0.25, 0.3) is 0 Å². The van der Waals surface area contributed by atoms with E-state index in [1.165, 1.54) is 0 Å². The molecule has 0 spiro atoms. The molecule has 0 fully saturated rings. The smallest absolute Gasteiger partial charge is 0.172 e. The summed E-state index contributed by atoms with van der Waals surface area (Å²) in [6, 6.07) is 0. The zero-order chi connectivity index (χ0) is 5.28. The van der Waals surface area contributed by atoms with E-state index in [2.05, 4.69) is 4.37 Å². The van der Waals surface area contributed by atoms with Crippen molar-refractivity contribution in [1.29, 1.82) is 0 Å². The zero-order valence-corrected chi connectivity index (χ0v) is 4.76. The van der Waals surface area contributed by atoms with Crippen LogP contribution in [-0.2, 0) is 0 Å². The second-order valence-corrected chi connectivity index (χ2v) is 2.35. The van der Waals surface area contributed by atoms with Gasteiger partial charge in [0.05, 0.1) is 6.20 Å². The predicted octanol–water partition coefficient (Wildman–Crippen LogP) is 1.94. The molecule has 1 rings (SSSR count). The van der Waals surface area contributed by atoms with Gasteiger partial charge in [-0.05, 0) is 11.5 Å². The molecule has 0 amide bonds. The average molecular weight is 138 g/mol. The molecule has 1 aromatic heterocycles. The quantitative estimate of drug-likeness (QED) is 0.533. The second-order valence-electron chi connectivity index (χ2n) is 0.947. The van der Waals surface area contributed by atoms with Gasteiger partial charge >= 0.3 is 0 Å². The molecule has 0 aromatic carbocycles. The molecule has 0 aliphatic carbocycles. The average Bonchev–Trinajstić information content (AvgIpc) is 1.91. The minimum Gasteiger partial charge on any atom is -0.203 e. The van der Waals surface area contributed by atoms with Gasteiger partial charge in [-0.15, -0.1) is 0 Å². The Morgan fingerprint density at radius 1 is 1.86 bits per heavy atom. The van der Waals surface area contributed by atoms with Crippen LogP contribution in [0.2, 0.25) is 4.34 Å². The third-order valence-electron chi connectivity index (χ3n) is 0.487. The SMILES string of the molecule is Fc1cnsc1Cl. The molecule has 0 unspecified atom stereocenters. The molecule has 0 N–H and O–H groups in total. The van der Waals surface area contributed by atoms with Crippen molar-refractivity contribution in [3.05, 3.63) is 16.4 Å². The summed E-state index contributed by atoms with van der Waals surface area (Å²) < 4.78 is 15.5. The molecule has 0 radical (unpaired) electrons. The number of aromatic nitrogens is 1. The highest BCUT2D eigenvalue weighted by Gasteiger charge is 1.96. The maximum atomic E-state index is 11.9. The number of halogens is 2. The Morgan fingerprint density at radius 3 is 2.71 bits per heavy atom. The molecule has 4 heteroatoms. The fourth-order valence-corrected chi connectivity index (χ4v) is 0.759. The Kier molecular flexibility index (Phi) is 1.25. The van der Waals surface area contributed by atoms with Gasteiger partial charge < -0.3 is 0 Å². The van der Waals surface area contributed by atoms with Gasteiger partial charge in [-0.1, -0.05) is 11.6 Å². The fourth-order valence-electron chi connectivity index (χ4n) is 0.213. The van der Waals surface area contributed by atoms with Gasteiger partial charge in [-0.3, -0.25) is 0 Å². The third kappa shape index (κ3) is 0.894. The van der Waals surface area contributed by atoms with E-state index in [9.17, 15) is 4.39 Å². The first-order valence-electron chi connectivity index (χ1n) is 1.56. The van der Waals surface area contributed by atoms with E-state index in [1.54, 1.807) is 0 Å². The van der Waals surface area contributed by atoms with Gasteiger partial charge in [-0.25, -0.2) is 4.39 Å². The summed E-state index contributed by atoms with van der Waals surface area (Å²) >= 11 is 6.15. The topological polar surface area (TPSA) is 12.9 Å². The number of hydrogen-bond donors (Lipinski definition) is 0. The van der Waals surface area contributed by atoms with Crippen LogP contribution in [0.25, 0.3) is 0 Å². The number of rotatable bonds is 0. The van der Waals surface area contributed by atoms with Crippen molar-refractivity contribution in [1.82, 2.24) is 4.37 Å². The molecule has 0 saturated carbocycles. The van der Waals surface area contributed by atoms with Crippen molar-refractivity contribution in [2.75, 3.05) is 0 Å². The molecule has 0 aliphatic rings. The molecular formula is C3HClFNS. The lowest BCUT2D eigenvalue weighted by atomic mass is 10.7. The first-order chi connectivity index (χ1) is 3.30. The van der Waals surface area contributed by atoms with Crippen LogP contribution >= 0.6 is 23.1 Å². The van der Waals surface area contributed by atoms with Gasteiger partial charge in [0.15, 0.2) is 5.82 Å². The Labute approximate surface area is 48.9 Å². The van der Waals surface area contributed by atoms with Crippen LogP contribution in [-0.4, -0.2) is 4.37 Å². The minimum absolute atomic E-state index is 0.125. The lowest BCUT2D eigenvalue weighted by Crippen LogP contribution is -1.57. The van der Waals surface area contributed by atoms with Crippen molar-refractivity contribution in [3.63, 3.8) is 0 Å². The van der Waals surface area contributed by atoms with E-state index in [0.717, 1.165) is 17.7 Å². The summed E-state index contributed by atoms with van der Waals surface area (Å²) in [5, 5.41) is 0. The van der Waals surface area contributed by atoms with E-state index in [-0.39, 0.29) is 4.34 Å². The largest absolute Gasteiger partial charge is 0.203 e. The molecule has 0 aliphatic heterocycles. The van der Waals surface area contributed by atoms with Crippen LogP contribution in [0.3, 0.4) is 0 Å². The minimum atomic E-state index is -0.438. The highest BCUT2D eigenvalue weighted by Crippen LogP contribution is 2.16. The van der Waals surface area contributed by atoms with Crippen LogP contribution in [0.4, 0.5) is 4.39 Å².